The van der Waals surface area contributed by atoms with E-state index >= 15 is 0 Å². The fraction of sp³-hybridized carbons (Fsp3) is 0.455. The van der Waals surface area contributed by atoms with Crippen molar-refractivity contribution in [3.05, 3.63) is 35.4 Å². The predicted molar refractivity (Wildman–Crippen MR) is 61.3 cm³/mol. The predicted octanol–water partition coefficient (Wildman–Crippen LogP) is 2.43. The lowest BCUT2D eigenvalue weighted by molar-refractivity contribution is 0.266. The highest BCUT2D eigenvalue weighted by Gasteiger charge is 2.22. The van der Waals surface area contributed by atoms with E-state index in [4.69, 9.17) is 5.84 Å². The lowest BCUT2D eigenvalue weighted by Crippen LogP contribution is -2.30. The minimum atomic E-state index is 0. The summed E-state index contributed by atoms with van der Waals surface area (Å²) in [4.78, 5) is 0. The van der Waals surface area contributed by atoms with Gasteiger partial charge in [-0.15, -0.1) is 12.4 Å². The van der Waals surface area contributed by atoms with Crippen LogP contribution in [0.3, 0.4) is 0 Å². The van der Waals surface area contributed by atoms with E-state index in [0.29, 0.717) is 6.04 Å². The molecule has 1 aromatic carbocycles. The Hall–Kier alpha value is -0.570. The molecule has 0 aliphatic carbocycles. The van der Waals surface area contributed by atoms with Crippen LogP contribution >= 0.6 is 12.4 Å². The molecule has 2 rings (SSSR count). The lowest BCUT2D eigenvalue weighted by atomic mass is 10.0. The number of nitrogens with two attached hydrogens (primary N) is 1. The van der Waals surface area contributed by atoms with Gasteiger partial charge < -0.3 is 0 Å². The average Bonchev–Trinajstić information content (AvgIpc) is 2.53. The quantitative estimate of drug-likeness (QED) is 0.725. The van der Waals surface area contributed by atoms with Crippen LogP contribution in [0, 0.1) is 6.92 Å². The highest BCUT2D eigenvalue weighted by Crippen LogP contribution is 2.28. The summed E-state index contributed by atoms with van der Waals surface area (Å²) in [6, 6.07) is 9.12. The molecule has 14 heavy (non-hydrogen) atoms. The molecule has 1 aromatic rings. The van der Waals surface area contributed by atoms with Crippen LogP contribution in [0.4, 0.5) is 0 Å². The molecule has 1 atom stereocenters. The van der Waals surface area contributed by atoms with Gasteiger partial charge in [-0.3, -0.25) is 5.84 Å². The van der Waals surface area contributed by atoms with Gasteiger partial charge in [0.05, 0.1) is 0 Å². The highest BCUT2D eigenvalue weighted by molar-refractivity contribution is 5.85. The van der Waals surface area contributed by atoms with Crippen molar-refractivity contribution in [1.29, 1.82) is 0 Å². The van der Waals surface area contributed by atoms with Gasteiger partial charge >= 0.3 is 0 Å². The molecule has 1 heterocycles. The standard InChI is InChI=1S/C11H16N2.ClH/c1-9-4-6-10(7-5-9)11-3-2-8-13(11)12;/h4-7,11H,2-3,8,12H2,1H3;1H. The van der Waals surface area contributed by atoms with Crippen molar-refractivity contribution in [3.63, 3.8) is 0 Å². The average molecular weight is 213 g/mol. The van der Waals surface area contributed by atoms with Gasteiger partial charge in [0.15, 0.2) is 0 Å². The molecule has 0 saturated carbocycles. The molecule has 2 nitrogen and oxygen atoms in total. The molecule has 1 aliphatic rings. The van der Waals surface area contributed by atoms with E-state index < -0.39 is 0 Å². The zero-order valence-electron chi connectivity index (χ0n) is 8.44. The first-order valence-electron chi connectivity index (χ1n) is 4.85. The Morgan fingerprint density at radius 1 is 1.29 bits per heavy atom. The van der Waals surface area contributed by atoms with Crippen molar-refractivity contribution in [2.75, 3.05) is 6.54 Å². The van der Waals surface area contributed by atoms with Crippen molar-refractivity contribution in [2.24, 2.45) is 5.84 Å². The number of aryl methyl sites for hydroxylation is 1. The summed E-state index contributed by atoms with van der Waals surface area (Å²) in [5.41, 5.74) is 2.66. The van der Waals surface area contributed by atoms with E-state index in [-0.39, 0.29) is 12.4 Å². The number of nitrogens with zero attached hydrogens (tertiary/aromatic N) is 1. The van der Waals surface area contributed by atoms with Crippen LogP contribution in [-0.4, -0.2) is 11.6 Å². The smallest absolute Gasteiger partial charge is 0.0491 e. The molecule has 0 amide bonds. The summed E-state index contributed by atoms with van der Waals surface area (Å²) in [5.74, 6) is 5.88. The minimum absolute atomic E-state index is 0. The number of hydrogen-bond donors (Lipinski definition) is 1. The van der Waals surface area contributed by atoms with Crippen LogP contribution in [-0.2, 0) is 0 Å². The van der Waals surface area contributed by atoms with Crippen LogP contribution in [0.5, 0.6) is 0 Å². The van der Waals surface area contributed by atoms with Crippen LogP contribution in [0.15, 0.2) is 24.3 Å². The number of rotatable bonds is 1. The first-order chi connectivity index (χ1) is 6.27. The third kappa shape index (κ3) is 2.27. The summed E-state index contributed by atoms with van der Waals surface area (Å²) in [6.07, 6.45) is 2.41. The second kappa shape index (κ2) is 4.78. The Morgan fingerprint density at radius 2 is 1.93 bits per heavy atom. The second-order valence-corrected chi connectivity index (χ2v) is 3.81. The fourth-order valence-electron chi connectivity index (χ4n) is 1.94. The molecule has 1 unspecified atom stereocenters. The second-order valence-electron chi connectivity index (χ2n) is 3.81. The van der Waals surface area contributed by atoms with E-state index in [1.807, 2.05) is 5.01 Å². The monoisotopic (exact) mass is 212 g/mol. The summed E-state index contributed by atoms with van der Waals surface area (Å²) in [6.45, 7) is 3.14. The largest absolute Gasteiger partial charge is 0.268 e. The molecule has 1 aliphatic heterocycles. The molecule has 0 bridgehead atoms. The Balaban J connectivity index is 0.000000980. The SMILES string of the molecule is Cc1ccc(C2CCCN2N)cc1.Cl. The number of hydrazine groups is 1. The molecule has 0 aromatic heterocycles. The molecular weight excluding hydrogens is 196 g/mol. The van der Waals surface area contributed by atoms with Gasteiger partial charge in [0, 0.05) is 12.6 Å². The van der Waals surface area contributed by atoms with E-state index in [2.05, 4.69) is 31.2 Å². The molecule has 3 heteroatoms. The molecular formula is C11H17ClN2. The zero-order valence-corrected chi connectivity index (χ0v) is 9.26. The molecule has 1 fully saturated rings. The van der Waals surface area contributed by atoms with Crippen molar-refractivity contribution in [1.82, 2.24) is 5.01 Å². The van der Waals surface area contributed by atoms with Gasteiger partial charge in [0.2, 0.25) is 0 Å². The Bertz CT molecular complexity index is 284. The lowest BCUT2D eigenvalue weighted by Gasteiger charge is -2.19. The maximum absolute atomic E-state index is 5.88. The van der Waals surface area contributed by atoms with Gasteiger partial charge in [-0.25, -0.2) is 5.01 Å². The summed E-state index contributed by atoms with van der Waals surface area (Å²) < 4.78 is 0. The maximum atomic E-state index is 5.88. The Morgan fingerprint density at radius 3 is 2.43 bits per heavy atom. The van der Waals surface area contributed by atoms with E-state index in [1.165, 1.54) is 24.0 Å². The molecule has 78 valence electrons. The van der Waals surface area contributed by atoms with Gasteiger partial charge in [0.25, 0.3) is 0 Å². The first-order valence-corrected chi connectivity index (χ1v) is 4.85. The third-order valence-electron chi connectivity index (χ3n) is 2.76. The van der Waals surface area contributed by atoms with Crippen molar-refractivity contribution >= 4 is 12.4 Å². The fourth-order valence-corrected chi connectivity index (χ4v) is 1.94. The molecule has 1 saturated heterocycles. The van der Waals surface area contributed by atoms with Crippen molar-refractivity contribution in [3.8, 4) is 0 Å². The normalized spacial score (nSPS) is 22.0. The summed E-state index contributed by atoms with van der Waals surface area (Å²) >= 11 is 0. The summed E-state index contributed by atoms with van der Waals surface area (Å²) in [5, 5.41) is 1.95. The zero-order chi connectivity index (χ0) is 9.26. The minimum Gasteiger partial charge on any atom is -0.268 e. The topological polar surface area (TPSA) is 29.3 Å². The van der Waals surface area contributed by atoms with Crippen LogP contribution in [0.25, 0.3) is 0 Å². The van der Waals surface area contributed by atoms with Gasteiger partial charge in [-0.2, -0.15) is 0 Å². The van der Waals surface area contributed by atoms with Crippen LogP contribution < -0.4 is 5.84 Å². The maximum Gasteiger partial charge on any atom is 0.0491 e. The van der Waals surface area contributed by atoms with Gasteiger partial charge in [0.1, 0.15) is 0 Å². The first kappa shape index (κ1) is 11.5. The number of halogens is 1. The van der Waals surface area contributed by atoms with E-state index in [9.17, 15) is 0 Å². The van der Waals surface area contributed by atoms with Crippen molar-refractivity contribution < 1.29 is 0 Å². The highest BCUT2D eigenvalue weighted by atomic mass is 35.5. The molecule has 2 N–H and O–H groups in total. The van der Waals surface area contributed by atoms with Crippen LogP contribution in [0.2, 0.25) is 0 Å². The Kier molecular flexibility index (Phi) is 3.93. The molecule has 0 spiro atoms. The van der Waals surface area contributed by atoms with Gasteiger partial charge in [-0.1, -0.05) is 29.8 Å². The van der Waals surface area contributed by atoms with Gasteiger partial charge in [-0.05, 0) is 25.3 Å². The van der Waals surface area contributed by atoms with E-state index in [1.54, 1.807) is 0 Å². The number of hydrogen-bond acceptors (Lipinski definition) is 2. The van der Waals surface area contributed by atoms with E-state index in [0.717, 1.165) is 6.54 Å². The number of benzene rings is 1. The third-order valence-corrected chi connectivity index (χ3v) is 2.76. The molecule has 0 radical (unpaired) electrons. The Labute approximate surface area is 91.5 Å². The van der Waals surface area contributed by atoms with Crippen molar-refractivity contribution in [2.45, 2.75) is 25.8 Å². The summed E-state index contributed by atoms with van der Waals surface area (Å²) in [7, 11) is 0. The van der Waals surface area contributed by atoms with Crippen LogP contribution in [0.1, 0.15) is 30.0 Å².